The van der Waals surface area contributed by atoms with Crippen LogP contribution in [-0.4, -0.2) is 26.4 Å². The van der Waals surface area contributed by atoms with E-state index in [2.05, 4.69) is 31.4 Å². The first-order valence-corrected chi connectivity index (χ1v) is 10.2. The highest BCUT2D eigenvalue weighted by Crippen LogP contribution is 2.26. The predicted octanol–water partition coefficient (Wildman–Crippen LogP) is 4.68. The van der Waals surface area contributed by atoms with E-state index in [1.54, 1.807) is 41.9 Å². The van der Waals surface area contributed by atoms with Gasteiger partial charge in [-0.05, 0) is 42.5 Å². The van der Waals surface area contributed by atoms with Crippen LogP contribution in [0.4, 0.5) is 10.1 Å². The molecule has 0 saturated heterocycles. The number of hydrogen-bond acceptors (Lipinski definition) is 5. The number of rotatable bonds is 7. The number of nitrogens with one attached hydrogen (secondary N) is 1. The number of benzene rings is 2. The molecule has 1 N–H and O–H groups in total. The van der Waals surface area contributed by atoms with Crippen molar-refractivity contribution in [2.75, 3.05) is 11.1 Å². The normalized spacial score (nSPS) is 10.7. The van der Waals surface area contributed by atoms with E-state index in [-0.39, 0.29) is 24.1 Å². The minimum Gasteiger partial charge on any atom is -0.486 e. The number of thioether (sulfide) groups is 1. The molecule has 0 atom stereocenters. The van der Waals surface area contributed by atoms with Crippen molar-refractivity contribution in [1.29, 1.82) is 0 Å². The van der Waals surface area contributed by atoms with Crippen molar-refractivity contribution in [3.8, 4) is 5.75 Å². The molecule has 6 nitrogen and oxygen atoms in total. The number of nitrogens with zero attached hydrogens (tertiary/aromatic N) is 3. The van der Waals surface area contributed by atoms with Crippen LogP contribution in [0.1, 0.15) is 5.82 Å². The summed E-state index contributed by atoms with van der Waals surface area (Å²) >= 11 is 10.7. The maximum Gasteiger partial charge on any atom is 0.234 e. The van der Waals surface area contributed by atoms with Crippen LogP contribution in [0.25, 0.3) is 0 Å². The topological polar surface area (TPSA) is 69.0 Å². The summed E-state index contributed by atoms with van der Waals surface area (Å²) < 4.78 is 21.1. The second kappa shape index (κ2) is 9.40. The Bertz CT molecular complexity index is 984. The molecule has 0 aliphatic carbocycles. The van der Waals surface area contributed by atoms with E-state index in [1.807, 2.05) is 0 Å². The fourth-order valence-electron chi connectivity index (χ4n) is 2.18. The maximum absolute atomic E-state index is 12.9. The summed E-state index contributed by atoms with van der Waals surface area (Å²) in [6.45, 7) is 0.177. The number of carbonyl (C=O) groups excluding carboxylic acids is 1. The van der Waals surface area contributed by atoms with Crippen LogP contribution in [0.5, 0.6) is 5.75 Å². The Labute approximate surface area is 178 Å². The molecular formula is C18H15BrClFN4O2S. The monoisotopic (exact) mass is 484 g/mol. The molecule has 3 aromatic rings. The zero-order valence-corrected chi connectivity index (χ0v) is 17.8. The van der Waals surface area contributed by atoms with Gasteiger partial charge in [0.2, 0.25) is 5.91 Å². The van der Waals surface area contributed by atoms with E-state index in [0.29, 0.717) is 27.4 Å². The molecule has 146 valence electrons. The largest absolute Gasteiger partial charge is 0.486 e. The fourth-order valence-corrected chi connectivity index (χ4v) is 3.63. The highest BCUT2D eigenvalue weighted by molar-refractivity contribution is 9.10. The molecule has 28 heavy (non-hydrogen) atoms. The Morgan fingerprint density at radius 1 is 1.29 bits per heavy atom. The quantitative estimate of drug-likeness (QED) is 0.492. The fraction of sp³-hybridized carbons (Fsp3) is 0.167. The summed E-state index contributed by atoms with van der Waals surface area (Å²) in [6.07, 6.45) is 0. The Hall–Kier alpha value is -2.10. The number of ether oxygens (including phenoxy) is 1. The minimum atomic E-state index is -0.326. The Balaban J connectivity index is 1.53. The second-order valence-electron chi connectivity index (χ2n) is 5.66. The molecule has 0 saturated carbocycles. The highest BCUT2D eigenvalue weighted by Gasteiger charge is 2.13. The molecule has 2 aromatic carbocycles. The second-order valence-corrected chi connectivity index (χ2v) is 7.93. The number of carbonyl (C=O) groups is 1. The van der Waals surface area contributed by atoms with Crippen LogP contribution < -0.4 is 10.1 Å². The zero-order valence-electron chi connectivity index (χ0n) is 14.7. The number of halogens is 3. The average Bonchev–Trinajstić information content (AvgIpc) is 3.02. The highest BCUT2D eigenvalue weighted by atomic mass is 79.9. The third kappa shape index (κ3) is 5.46. The third-order valence-electron chi connectivity index (χ3n) is 3.64. The molecule has 0 aliphatic heterocycles. The first-order chi connectivity index (χ1) is 13.4. The van der Waals surface area contributed by atoms with Crippen LogP contribution in [0.3, 0.4) is 0 Å². The lowest BCUT2D eigenvalue weighted by molar-refractivity contribution is -0.113. The molecule has 3 rings (SSSR count). The van der Waals surface area contributed by atoms with E-state index in [0.717, 1.165) is 4.47 Å². The minimum absolute atomic E-state index is 0.150. The van der Waals surface area contributed by atoms with Crippen molar-refractivity contribution in [3.05, 3.63) is 63.6 Å². The van der Waals surface area contributed by atoms with E-state index in [1.165, 1.54) is 23.9 Å². The van der Waals surface area contributed by atoms with Gasteiger partial charge < -0.3 is 14.6 Å². The molecule has 1 heterocycles. The molecule has 1 aromatic heterocycles. The molecule has 1 amide bonds. The number of hydrogen-bond donors (Lipinski definition) is 1. The van der Waals surface area contributed by atoms with Crippen molar-refractivity contribution in [2.24, 2.45) is 7.05 Å². The van der Waals surface area contributed by atoms with Crippen LogP contribution in [0.2, 0.25) is 5.02 Å². The van der Waals surface area contributed by atoms with Gasteiger partial charge in [0.15, 0.2) is 11.0 Å². The Morgan fingerprint density at radius 2 is 2.04 bits per heavy atom. The van der Waals surface area contributed by atoms with Gasteiger partial charge in [-0.25, -0.2) is 4.39 Å². The SMILES string of the molecule is Cn1c(COc2ccc(F)cc2)nnc1SCC(=O)Nc1ccc(Br)cc1Cl. The molecule has 0 fully saturated rings. The standard InChI is InChI=1S/C18H15BrClFN4O2S/c1-25-16(9-27-13-5-3-12(21)4-6-13)23-24-18(25)28-10-17(26)22-15-7-2-11(19)8-14(15)20/h2-8H,9-10H2,1H3,(H,22,26). The smallest absolute Gasteiger partial charge is 0.234 e. The lowest BCUT2D eigenvalue weighted by Gasteiger charge is -2.08. The third-order valence-corrected chi connectivity index (χ3v) is 5.47. The van der Waals surface area contributed by atoms with Gasteiger partial charge in [-0.2, -0.15) is 0 Å². The lowest BCUT2D eigenvalue weighted by atomic mass is 10.3. The van der Waals surface area contributed by atoms with E-state index >= 15 is 0 Å². The van der Waals surface area contributed by atoms with Gasteiger partial charge >= 0.3 is 0 Å². The maximum atomic E-state index is 12.9. The molecule has 0 unspecified atom stereocenters. The first-order valence-electron chi connectivity index (χ1n) is 8.06. The van der Waals surface area contributed by atoms with Crippen molar-refractivity contribution in [1.82, 2.24) is 14.8 Å². The van der Waals surface area contributed by atoms with E-state index in [4.69, 9.17) is 16.3 Å². The van der Waals surface area contributed by atoms with Crippen molar-refractivity contribution in [2.45, 2.75) is 11.8 Å². The number of anilines is 1. The van der Waals surface area contributed by atoms with Gasteiger partial charge in [-0.1, -0.05) is 39.3 Å². The van der Waals surface area contributed by atoms with Gasteiger partial charge in [0.1, 0.15) is 18.2 Å². The number of amides is 1. The van der Waals surface area contributed by atoms with Gasteiger partial charge in [0, 0.05) is 11.5 Å². The summed E-state index contributed by atoms with van der Waals surface area (Å²) in [6, 6.07) is 11.0. The van der Waals surface area contributed by atoms with E-state index < -0.39 is 0 Å². The summed E-state index contributed by atoms with van der Waals surface area (Å²) in [4.78, 5) is 12.2. The van der Waals surface area contributed by atoms with Gasteiger partial charge in [0.25, 0.3) is 0 Å². The number of aromatic nitrogens is 3. The summed E-state index contributed by atoms with van der Waals surface area (Å²) in [7, 11) is 1.79. The van der Waals surface area contributed by atoms with Crippen molar-refractivity contribution in [3.63, 3.8) is 0 Å². The van der Waals surface area contributed by atoms with Gasteiger partial charge in [-0.15, -0.1) is 10.2 Å². The molecule has 0 bridgehead atoms. The first kappa shape index (κ1) is 20.6. The zero-order chi connectivity index (χ0) is 20.1. The van der Waals surface area contributed by atoms with Crippen LogP contribution in [-0.2, 0) is 18.4 Å². The van der Waals surface area contributed by atoms with Crippen molar-refractivity contribution >= 4 is 50.9 Å². The lowest BCUT2D eigenvalue weighted by Crippen LogP contribution is -2.15. The van der Waals surface area contributed by atoms with Gasteiger partial charge in [0.05, 0.1) is 16.5 Å². The Morgan fingerprint density at radius 3 is 2.75 bits per heavy atom. The Kier molecular flexibility index (Phi) is 6.93. The molecule has 10 heteroatoms. The van der Waals surface area contributed by atoms with Crippen LogP contribution in [0.15, 0.2) is 52.1 Å². The van der Waals surface area contributed by atoms with Crippen molar-refractivity contribution < 1.29 is 13.9 Å². The molecule has 0 radical (unpaired) electrons. The van der Waals surface area contributed by atoms with E-state index in [9.17, 15) is 9.18 Å². The molecular weight excluding hydrogens is 471 g/mol. The average molecular weight is 486 g/mol. The molecule has 0 spiro atoms. The van der Waals surface area contributed by atoms with Crippen LogP contribution >= 0.6 is 39.3 Å². The summed E-state index contributed by atoms with van der Waals surface area (Å²) in [5.74, 6) is 0.734. The summed E-state index contributed by atoms with van der Waals surface area (Å²) in [5.41, 5.74) is 0.543. The van der Waals surface area contributed by atoms with Gasteiger partial charge in [-0.3, -0.25) is 4.79 Å². The summed E-state index contributed by atoms with van der Waals surface area (Å²) in [5, 5.41) is 11.9. The molecule has 0 aliphatic rings. The van der Waals surface area contributed by atoms with Crippen LogP contribution in [0, 0.1) is 5.82 Å². The predicted molar refractivity (Wildman–Crippen MR) is 110 cm³/mol.